The SMILES string of the molecule is CN(Cc1cnn(C)c1)S(=O)(=O)c1csc(C(=O)O)c1. The van der Waals surface area contributed by atoms with Crippen molar-refractivity contribution < 1.29 is 18.3 Å². The van der Waals surface area contributed by atoms with E-state index in [4.69, 9.17) is 5.11 Å². The number of carbonyl (C=O) groups is 1. The Bertz CT molecular complexity index is 732. The predicted molar refractivity (Wildman–Crippen MR) is 73.1 cm³/mol. The molecule has 108 valence electrons. The topological polar surface area (TPSA) is 92.5 Å². The summed E-state index contributed by atoms with van der Waals surface area (Å²) in [6.45, 7) is 0.175. The molecule has 7 nitrogen and oxygen atoms in total. The Morgan fingerprint density at radius 1 is 1.55 bits per heavy atom. The van der Waals surface area contributed by atoms with Crippen LogP contribution in [0.25, 0.3) is 0 Å². The molecule has 0 aliphatic rings. The average Bonchev–Trinajstić information content (AvgIpc) is 2.98. The summed E-state index contributed by atoms with van der Waals surface area (Å²) in [5.41, 5.74) is 0.757. The molecule has 0 aliphatic heterocycles. The molecule has 2 aromatic rings. The molecule has 0 saturated carbocycles. The number of aromatic nitrogens is 2. The summed E-state index contributed by atoms with van der Waals surface area (Å²) in [6.07, 6.45) is 3.31. The van der Waals surface area contributed by atoms with Crippen molar-refractivity contribution in [1.29, 1.82) is 0 Å². The third kappa shape index (κ3) is 2.89. The summed E-state index contributed by atoms with van der Waals surface area (Å²) in [5.74, 6) is -1.13. The van der Waals surface area contributed by atoms with Gasteiger partial charge >= 0.3 is 5.97 Å². The average molecular weight is 315 g/mol. The lowest BCUT2D eigenvalue weighted by molar-refractivity contribution is 0.0702. The third-order valence-electron chi connectivity index (χ3n) is 2.66. The number of hydrogen-bond donors (Lipinski definition) is 1. The fourth-order valence-corrected chi connectivity index (χ4v) is 3.90. The Morgan fingerprint density at radius 2 is 2.25 bits per heavy atom. The van der Waals surface area contributed by atoms with Crippen LogP contribution in [0.2, 0.25) is 0 Å². The maximum atomic E-state index is 12.3. The minimum atomic E-state index is -3.70. The van der Waals surface area contributed by atoms with Crippen LogP contribution in [-0.2, 0) is 23.6 Å². The quantitative estimate of drug-likeness (QED) is 0.888. The number of hydrogen-bond acceptors (Lipinski definition) is 5. The van der Waals surface area contributed by atoms with Crippen molar-refractivity contribution in [2.45, 2.75) is 11.4 Å². The van der Waals surface area contributed by atoms with Crippen molar-refractivity contribution >= 4 is 27.3 Å². The van der Waals surface area contributed by atoms with Crippen LogP contribution in [0.1, 0.15) is 15.2 Å². The molecule has 0 radical (unpaired) electrons. The number of carboxylic acids is 1. The molecule has 0 unspecified atom stereocenters. The van der Waals surface area contributed by atoms with E-state index in [-0.39, 0.29) is 16.3 Å². The van der Waals surface area contributed by atoms with Gasteiger partial charge in [-0.2, -0.15) is 9.40 Å². The van der Waals surface area contributed by atoms with Gasteiger partial charge in [-0.1, -0.05) is 0 Å². The van der Waals surface area contributed by atoms with Crippen molar-refractivity contribution in [1.82, 2.24) is 14.1 Å². The Hall–Kier alpha value is -1.71. The number of carboxylic acid groups (broad SMARTS) is 1. The molecule has 20 heavy (non-hydrogen) atoms. The van der Waals surface area contributed by atoms with E-state index in [0.29, 0.717) is 0 Å². The first-order valence-corrected chi connectivity index (χ1v) is 7.88. The van der Waals surface area contributed by atoms with E-state index >= 15 is 0 Å². The molecule has 0 spiro atoms. The van der Waals surface area contributed by atoms with Gasteiger partial charge in [-0.15, -0.1) is 11.3 Å². The molecular formula is C11H13N3O4S2. The van der Waals surface area contributed by atoms with Crippen molar-refractivity contribution in [3.8, 4) is 0 Å². The zero-order chi connectivity index (χ0) is 14.9. The van der Waals surface area contributed by atoms with E-state index in [2.05, 4.69) is 5.10 Å². The van der Waals surface area contributed by atoms with E-state index < -0.39 is 16.0 Å². The van der Waals surface area contributed by atoms with Crippen LogP contribution in [-0.4, -0.2) is 40.6 Å². The molecular weight excluding hydrogens is 302 g/mol. The summed E-state index contributed by atoms with van der Waals surface area (Å²) in [6, 6.07) is 1.17. The van der Waals surface area contributed by atoms with Crippen molar-refractivity contribution in [3.05, 3.63) is 34.3 Å². The molecule has 0 aliphatic carbocycles. The minimum absolute atomic E-state index is 0.00153. The lowest BCUT2D eigenvalue weighted by Gasteiger charge is -2.15. The standard InChI is InChI=1S/C11H13N3O4S2/c1-13-5-8(4-12-13)6-14(2)20(17,18)9-3-10(11(15)16)19-7-9/h3-5,7H,6H2,1-2H3,(H,15,16). The van der Waals surface area contributed by atoms with Gasteiger partial charge < -0.3 is 5.11 Å². The molecule has 0 atom stereocenters. The molecule has 0 saturated heterocycles. The minimum Gasteiger partial charge on any atom is -0.477 e. The second-order valence-electron chi connectivity index (χ2n) is 4.24. The van der Waals surface area contributed by atoms with Gasteiger partial charge in [0.05, 0.1) is 11.1 Å². The van der Waals surface area contributed by atoms with Gasteiger partial charge in [-0.05, 0) is 6.07 Å². The summed E-state index contributed by atoms with van der Waals surface area (Å²) in [5, 5.41) is 14.1. The highest BCUT2D eigenvalue weighted by molar-refractivity contribution is 7.89. The van der Waals surface area contributed by atoms with Gasteiger partial charge in [0.1, 0.15) is 4.88 Å². The normalized spacial score (nSPS) is 11.9. The second-order valence-corrected chi connectivity index (χ2v) is 7.19. The van der Waals surface area contributed by atoms with Gasteiger partial charge in [0.25, 0.3) is 0 Å². The number of nitrogens with zero attached hydrogens (tertiary/aromatic N) is 3. The van der Waals surface area contributed by atoms with Crippen molar-refractivity contribution in [2.24, 2.45) is 7.05 Å². The Balaban J connectivity index is 2.22. The largest absolute Gasteiger partial charge is 0.477 e. The second kappa shape index (κ2) is 5.35. The maximum absolute atomic E-state index is 12.3. The molecule has 0 amide bonds. The molecule has 0 bridgehead atoms. The number of aryl methyl sites for hydroxylation is 1. The van der Waals surface area contributed by atoms with E-state index in [1.54, 1.807) is 24.1 Å². The Morgan fingerprint density at radius 3 is 2.75 bits per heavy atom. The van der Waals surface area contributed by atoms with Crippen LogP contribution in [0.4, 0.5) is 0 Å². The Kier molecular flexibility index (Phi) is 3.93. The summed E-state index contributed by atoms with van der Waals surface area (Å²) in [4.78, 5) is 10.8. The van der Waals surface area contributed by atoms with Gasteiger partial charge in [0.2, 0.25) is 10.0 Å². The monoisotopic (exact) mass is 315 g/mol. The highest BCUT2D eigenvalue weighted by Gasteiger charge is 2.24. The first kappa shape index (κ1) is 14.7. The summed E-state index contributed by atoms with van der Waals surface area (Å²) in [7, 11) is -0.506. The zero-order valence-electron chi connectivity index (χ0n) is 10.8. The number of rotatable bonds is 5. The number of thiophene rings is 1. The van der Waals surface area contributed by atoms with E-state index in [9.17, 15) is 13.2 Å². The summed E-state index contributed by atoms with van der Waals surface area (Å²) < 4.78 is 27.3. The molecule has 2 aromatic heterocycles. The van der Waals surface area contributed by atoms with E-state index in [1.165, 1.54) is 18.5 Å². The van der Waals surface area contributed by atoms with Gasteiger partial charge in [-0.3, -0.25) is 4.68 Å². The van der Waals surface area contributed by atoms with Crippen LogP contribution in [0.15, 0.2) is 28.7 Å². The van der Waals surface area contributed by atoms with Crippen LogP contribution < -0.4 is 0 Å². The van der Waals surface area contributed by atoms with Crippen LogP contribution in [0.5, 0.6) is 0 Å². The van der Waals surface area contributed by atoms with Crippen LogP contribution >= 0.6 is 11.3 Å². The van der Waals surface area contributed by atoms with E-state index in [1.807, 2.05) is 0 Å². The van der Waals surface area contributed by atoms with Gasteiger partial charge in [0, 0.05) is 37.8 Å². The van der Waals surface area contributed by atoms with Crippen LogP contribution in [0.3, 0.4) is 0 Å². The van der Waals surface area contributed by atoms with Gasteiger partial charge in [0.15, 0.2) is 0 Å². The van der Waals surface area contributed by atoms with Crippen molar-refractivity contribution in [2.75, 3.05) is 7.05 Å². The van der Waals surface area contributed by atoms with E-state index in [0.717, 1.165) is 21.2 Å². The lowest BCUT2D eigenvalue weighted by atomic mass is 10.4. The number of aromatic carboxylic acids is 1. The molecule has 9 heteroatoms. The number of sulfonamides is 1. The first-order chi connectivity index (χ1) is 9.30. The molecule has 2 rings (SSSR count). The maximum Gasteiger partial charge on any atom is 0.345 e. The first-order valence-electron chi connectivity index (χ1n) is 5.56. The summed E-state index contributed by atoms with van der Waals surface area (Å²) >= 11 is 0.891. The highest BCUT2D eigenvalue weighted by atomic mass is 32.2. The van der Waals surface area contributed by atoms with Crippen LogP contribution in [0, 0.1) is 0 Å². The molecule has 0 aromatic carbocycles. The van der Waals surface area contributed by atoms with Crippen molar-refractivity contribution in [3.63, 3.8) is 0 Å². The fraction of sp³-hybridized carbons (Fsp3) is 0.273. The Labute approximate surface area is 120 Å². The highest BCUT2D eigenvalue weighted by Crippen LogP contribution is 2.23. The molecule has 1 N–H and O–H groups in total. The zero-order valence-corrected chi connectivity index (χ0v) is 12.5. The van der Waals surface area contributed by atoms with Gasteiger partial charge in [-0.25, -0.2) is 13.2 Å². The fourth-order valence-electron chi connectivity index (χ4n) is 1.64. The molecule has 2 heterocycles. The lowest BCUT2D eigenvalue weighted by Crippen LogP contribution is -2.26. The molecule has 0 fully saturated rings. The third-order valence-corrected chi connectivity index (χ3v) is 5.51. The smallest absolute Gasteiger partial charge is 0.345 e. The predicted octanol–water partition coefficient (Wildman–Crippen LogP) is 1.00.